The quantitative estimate of drug-likeness (QED) is 0.521. The molecule has 0 aliphatic heterocycles. The van der Waals surface area contributed by atoms with E-state index in [0.717, 1.165) is 0 Å². The molecular weight excluding hydrogens is 158 g/mol. The Morgan fingerprint density at radius 1 is 1.58 bits per heavy atom. The van der Waals surface area contributed by atoms with E-state index < -0.39 is 0 Å². The topological polar surface area (TPSA) is 58.6 Å². The molecule has 12 heavy (non-hydrogen) atoms. The first-order valence-corrected chi connectivity index (χ1v) is 3.35. The highest BCUT2D eigenvalue weighted by atomic mass is 16.5. The number of amides is 1. The molecule has 1 rings (SSSR count). The predicted molar refractivity (Wildman–Crippen MR) is 44.3 cm³/mol. The van der Waals surface area contributed by atoms with Crippen molar-refractivity contribution in [2.24, 2.45) is 0 Å². The summed E-state index contributed by atoms with van der Waals surface area (Å²) in [5.74, 6) is 0.597. The number of hydrogen-bond acceptors (Lipinski definition) is 3. The molecule has 0 fully saturated rings. The van der Waals surface area contributed by atoms with Gasteiger partial charge in [0.1, 0.15) is 11.5 Å². The average molecular weight is 167 g/mol. The van der Waals surface area contributed by atoms with Gasteiger partial charge < -0.3 is 15.2 Å². The van der Waals surface area contributed by atoms with Gasteiger partial charge in [0.05, 0.1) is 12.8 Å². The van der Waals surface area contributed by atoms with E-state index >= 15 is 0 Å². The molecule has 0 aliphatic carbocycles. The van der Waals surface area contributed by atoms with Crippen molar-refractivity contribution >= 4 is 12.1 Å². The summed E-state index contributed by atoms with van der Waals surface area (Å²) in [7, 11) is 1.51. The van der Waals surface area contributed by atoms with Crippen LogP contribution in [0.3, 0.4) is 0 Å². The van der Waals surface area contributed by atoms with Crippen LogP contribution in [0, 0.1) is 0 Å². The van der Waals surface area contributed by atoms with E-state index in [0.29, 0.717) is 17.8 Å². The molecule has 4 nitrogen and oxygen atoms in total. The Bertz CT molecular complexity index is 286. The zero-order valence-electron chi connectivity index (χ0n) is 6.57. The van der Waals surface area contributed by atoms with Gasteiger partial charge in [-0.2, -0.15) is 0 Å². The van der Waals surface area contributed by atoms with Crippen molar-refractivity contribution in [2.45, 2.75) is 0 Å². The molecule has 0 unspecified atom stereocenters. The Kier molecular flexibility index (Phi) is 2.53. The molecule has 1 aromatic carbocycles. The first-order valence-electron chi connectivity index (χ1n) is 3.35. The molecular formula is C8H9NO3. The molecule has 0 aromatic heterocycles. The maximum absolute atomic E-state index is 10.1. The Hall–Kier alpha value is -1.71. The highest BCUT2D eigenvalue weighted by molar-refractivity contribution is 5.76. The summed E-state index contributed by atoms with van der Waals surface area (Å²) in [6, 6.07) is 4.58. The van der Waals surface area contributed by atoms with Gasteiger partial charge in [0.25, 0.3) is 0 Å². The van der Waals surface area contributed by atoms with Gasteiger partial charge in [-0.1, -0.05) is 0 Å². The molecule has 1 aromatic rings. The number of nitrogens with one attached hydrogen (secondary N) is 1. The second kappa shape index (κ2) is 3.61. The number of phenols is 1. The van der Waals surface area contributed by atoms with E-state index in [4.69, 9.17) is 4.74 Å². The average Bonchev–Trinajstić information content (AvgIpc) is 2.09. The first kappa shape index (κ1) is 8.39. The van der Waals surface area contributed by atoms with Gasteiger partial charge in [0.2, 0.25) is 6.41 Å². The number of benzene rings is 1. The van der Waals surface area contributed by atoms with E-state index in [-0.39, 0.29) is 5.75 Å². The van der Waals surface area contributed by atoms with Gasteiger partial charge in [-0.3, -0.25) is 4.79 Å². The highest BCUT2D eigenvalue weighted by Crippen LogP contribution is 2.26. The summed E-state index contributed by atoms with van der Waals surface area (Å²) in [5.41, 5.74) is 0.337. The molecule has 1 amide bonds. The highest BCUT2D eigenvalue weighted by Gasteiger charge is 2.00. The minimum atomic E-state index is 0.0166. The molecule has 0 atom stereocenters. The van der Waals surface area contributed by atoms with Crippen LogP contribution in [0.4, 0.5) is 5.69 Å². The molecule has 4 heteroatoms. The van der Waals surface area contributed by atoms with E-state index in [1.54, 1.807) is 6.07 Å². The molecule has 0 spiro atoms. The van der Waals surface area contributed by atoms with Crippen LogP contribution >= 0.6 is 0 Å². The Labute approximate surface area is 69.8 Å². The number of hydrogen-bond donors (Lipinski definition) is 2. The predicted octanol–water partition coefficient (Wildman–Crippen LogP) is 0.969. The third kappa shape index (κ3) is 1.66. The zero-order chi connectivity index (χ0) is 8.97. The number of phenolic OH excluding ortho intramolecular Hbond substituents is 1. The van der Waals surface area contributed by atoms with Crippen molar-refractivity contribution in [1.82, 2.24) is 0 Å². The zero-order valence-corrected chi connectivity index (χ0v) is 6.57. The molecule has 64 valence electrons. The summed E-state index contributed by atoms with van der Waals surface area (Å²) < 4.78 is 4.89. The SMILES string of the molecule is COc1ccc(O)c(NC=O)c1. The lowest BCUT2D eigenvalue weighted by atomic mass is 10.3. The first-order chi connectivity index (χ1) is 5.77. The van der Waals surface area contributed by atoms with E-state index in [9.17, 15) is 9.90 Å². The fraction of sp³-hybridized carbons (Fsp3) is 0.125. The summed E-state index contributed by atoms with van der Waals surface area (Å²) in [5, 5.41) is 11.5. The van der Waals surface area contributed by atoms with Crippen molar-refractivity contribution in [3.8, 4) is 11.5 Å². The van der Waals surface area contributed by atoms with Gasteiger partial charge in [0, 0.05) is 6.07 Å². The second-order valence-corrected chi connectivity index (χ2v) is 2.15. The van der Waals surface area contributed by atoms with Crippen LogP contribution < -0.4 is 10.1 Å². The van der Waals surface area contributed by atoms with Gasteiger partial charge in [-0.15, -0.1) is 0 Å². The third-order valence-electron chi connectivity index (χ3n) is 1.42. The normalized spacial score (nSPS) is 9.08. The van der Waals surface area contributed by atoms with Crippen LogP contribution in [0.15, 0.2) is 18.2 Å². The molecule has 0 bridgehead atoms. The smallest absolute Gasteiger partial charge is 0.211 e. The summed E-state index contributed by atoms with van der Waals surface area (Å²) in [6.07, 6.45) is 0.495. The van der Waals surface area contributed by atoms with Gasteiger partial charge in [-0.25, -0.2) is 0 Å². The maximum atomic E-state index is 10.1. The van der Waals surface area contributed by atoms with Crippen molar-refractivity contribution < 1.29 is 14.6 Å². The van der Waals surface area contributed by atoms with Crippen LogP contribution in [-0.4, -0.2) is 18.6 Å². The minimum Gasteiger partial charge on any atom is -0.506 e. The molecule has 2 N–H and O–H groups in total. The van der Waals surface area contributed by atoms with Gasteiger partial charge >= 0.3 is 0 Å². The second-order valence-electron chi connectivity index (χ2n) is 2.15. The van der Waals surface area contributed by atoms with Gasteiger partial charge in [-0.05, 0) is 12.1 Å². The lowest BCUT2D eigenvalue weighted by Crippen LogP contribution is -1.94. The fourth-order valence-electron chi connectivity index (χ4n) is 0.821. The standard InChI is InChI=1S/C8H9NO3/c1-12-6-2-3-8(11)7(4-6)9-5-10/h2-5,11H,1H3,(H,9,10). The van der Waals surface area contributed by atoms with Crippen molar-refractivity contribution in [3.05, 3.63) is 18.2 Å². The third-order valence-corrected chi connectivity index (χ3v) is 1.42. The van der Waals surface area contributed by atoms with Crippen LogP contribution in [0.1, 0.15) is 0 Å². The van der Waals surface area contributed by atoms with Gasteiger partial charge in [0.15, 0.2) is 0 Å². The summed E-state index contributed by atoms with van der Waals surface area (Å²) in [4.78, 5) is 10.1. The lowest BCUT2D eigenvalue weighted by Gasteiger charge is -2.04. The lowest BCUT2D eigenvalue weighted by molar-refractivity contribution is -0.105. The largest absolute Gasteiger partial charge is 0.506 e. The number of aromatic hydroxyl groups is 1. The Morgan fingerprint density at radius 2 is 2.33 bits per heavy atom. The van der Waals surface area contributed by atoms with Crippen LogP contribution in [0.5, 0.6) is 11.5 Å². The number of carbonyl (C=O) groups excluding carboxylic acids is 1. The van der Waals surface area contributed by atoms with Crippen LogP contribution in [0.2, 0.25) is 0 Å². The molecule has 0 aliphatic rings. The molecule has 0 saturated heterocycles. The monoisotopic (exact) mass is 167 g/mol. The number of ether oxygens (including phenoxy) is 1. The maximum Gasteiger partial charge on any atom is 0.211 e. The van der Waals surface area contributed by atoms with Crippen molar-refractivity contribution in [2.75, 3.05) is 12.4 Å². The number of methoxy groups -OCH3 is 1. The van der Waals surface area contributed by atoms with E-state index in [1.807, 2.05) is 0 Å². The number of rotatable bonds is 3. The minimum absolute atomic E-state index is 0.0166. The van der Waals surface area contributed by atoms with Crippen LogP contribution in [0.25, 0.3) is 0 Å². The molecule has 0 heterocycles. The summed E-state index contributed by atoms with van der Waals surface area (Å²) >= 11 is 0. The van der Waals surface area contributed by atoms with Crippen molar-refractivity contribution in [1.29, 1.82) is 0 Å². The number of carbonyl (C=O) groups is 1. The van der Waals surface area contributed by atoms with Crippen molar-refractivity contribution in [3.63, 3.8) is 0 Å². The van der Waals surface area contributed by atoms with E-state index in [1.165, 1.54) is 19.2 Å². The fourth-order valence-corrected chi connectivity index (χ4v) is 0.821. The van der Waals surface area contributed by atoms with E-state index in [2.05, 4.69) is 5.32 Å². The number of anilines is 1. The van der Waals surface area contributed by atoms with Crippen LogP contribution in [-0.2, 0) is 4.79 Å². The Morgan fingerprint density at radius 3 is 2.92 bits per heavy atom. The molecule has 0 saturated carbocycles. The molecule has 0 radical (unpaired) electrons. The Balaban J connectivity index is 2.99. The summed E-state index contributed by atoms with van der Waals surface area (Å²) in [6.45, 7) is 0.